The fourth-order valence-electron chi connectivity index (χ4n) is 2.88. The molecule has 5 nitrogen and oxygen atoms in total. The molecule has 0 unspecified atom stereocenters. The van der Waals surface area contributed by atoms with E-state index in [9.17, 15) is 21.6 Å². The number of thiophene rings is 1. The van der Waals surface area contributed by atoms with Crippen molar-refractivity contribution in [3.05, 3.63) is 32.9 Å². The number of hydrogen-bond donors (Lipinski definition) is 1. The summed E-state index contributed by atoms with van der Waals surface area (Å²) in [6.07, 6.45) is -2.08. The first kappa shape index (κ1) is 18.9. The lowest BCUT2D eigenvalue weighted by Crippen LogP contribution is -2.27. The molecule has 2 aromatic heterocycles. The van der Waals surface area contributed by atoms with Gasteiger partial charge in [0.25, 0.3) is 0 Å². The highest BCUT2D eigenvalue weighted by Gasteiger charge is 2.39. The maximum atomic E-state index is 13.1. The third kappa shape index (κ3) is 4.09. The van der Waals surface area contributed by atoms with Gasteiger partial charge in [0.05, 0.1) is 10.3 Å². The number of rotatable bonds is 5. The molecule has 0 aromatic carbocycles. The maximum Gasteiger partial charge on any atom is 0.435 e. The van der Waals surface area contributed by atoms with Gasteiger partial charge >= 0.3 is 6.18 Å². The molecule has 2 aromatic rings. The number of halogens is 4. The van der Waals surface area contributed by atoms with Crippen LogP contribution in [0, 0.1) is 0 Å². The highest BCUT2D eigenvalue weighted by Crippen LogP contribution is 2.35. The van der Waals surface area contributed by atoms with E-state index in [-0.39, 0.29) is 22.9 Å². The zero-order valence-electron chi connectivity index (χ0n) is 12.9. The Morgan fingerprint density at radius 2 is 2.00 bits per heavy atom. The van der Waals surface area contributed by atoms with Gasteiger partial charge in [-0.3, -0.25) is 4.68 Å². The largest absolute Gasteiger partial charge is 0.435 e. The minimum atomic E-state index is -4.49. The Balaban J connectivity index is 1.74. The minimum Gasteiger partial charge on any atom is -0.267 e. The van der Waals surface area contributed by atoms with Crippen LogP contribution in [0.3, 0.4) is 0 Å². The van der Waals surface area contributed by atoms with Gasteiger partial charge in [-0.2, -0.15) is 18.3 Å². The summed E-state index contributed by atoms with van der Waals surface area (Å²) in [6.45, 7) is 0.0352. The van der Waals surface area contributed by atoms with Crippen molar-refractivity contribution in [1.29, 1.82) is 0 Å². The number of hydrogen-bond acceptors (Lipinski definition) is 4. The Morgan fingerprint density at radius 1 is 1.28 bits per heavy atom. The standard InChI is InChI=1S/C14H15BrF3N3O2S2/c15-11-5-6-12(24-11)25(22,23)19-7-8-21-10-4-2-1-3-9(10)13(20-21)14(16,17)18/h5-6,19H,1-4,7-8H2. The van der Waals surface area contributed by atoms with E-state index in [1.54, 1.807) is 6.07 Å². The summed E-state index contributed by atoms with van der Waals surface area (Å²) in [7, 11) is -3.68. The molecule has 0 fully saturated rings. The molecule has 25 heavy (non-hydrogen) atoms. The van der Waals surface area contributed by atoms with Crippen molar-refractivity contribution in [2.75, 3.05) is 6.54 Å². The number of aromatic nitrogens is 2. The summed E-state index contributed by atoms with van der Waals surface area (Å²) in [5.74, 6) is 0. The van der Waals surface area contributed by atoms with Crippen molar-refractivity contribution < 1.29 is 21.6 Å². The predicted octanol–water partition coefficient (Wildman–Crippen LogP) is 3.58. The van der Waals surface area contributed by atoms with E-state index < -0.39 is 21.9 Å². The van der Waals surface area contributed by atoms with Gasteiger partial charge in [0.2, 0.25) is 10.0 Å². The predicted molar refractivity (Wildman–Crippen MR) is 91.1 cm³/mol. The van der Waals surface area contributed by atoms with Crippen molar-refractivity contribution in [3.8, 4) is 0 Å². The third-order valence-corrected chi connectivity index (χ3v) is 7.53. The summed E-state index contributed by atoms with van der Waals surface area (Å²) < 4.78 is 68.3. The van der Waals surface area contributed by atoms with Gasteiger partial charge < -0.3 is 0 Å². The van der Waals surface area contributed by atoms with Crippen molar-refractivity contribution in [3.63, 3.8) is 0 Å². The Morgan fingerprint density at radius 3 is 2.64 bits per heavy atom. The number of alkyl halides is 3. The molecule has 0 amide bonds. The van der Waals surface area contributed by atoms with Gasteiger partial charge in [0, 0.05) is 17.8 Å². The summed E-state index contributed by atoms with van der Waals surface area (Å²) >= 11 is 4.26. The Kier molecular flexibility index (Phi) is 5.29. The zero-order valence-corrected chi connectivity index (χ0v) is 16.2. The van der Waals surface area contributed by atoms with Crippen LogP contribution in [0.5, 0.6) is 0 Å². The molecular formula is C14H15BrF3N3O2S2. The van der Waals surface area contributed by atoms with E-state index in [2.05, 4.69) is 25.8 Å². The molecule has 1 N–H and O–H groups in total. The van der Waals surface area contributed by atoms with Crippen LogP contribution < -0.4 is 4.72 Å². The first-order valence-electron chi connectivity index (χ1n) is 7.59. The first-order chi connectivity index (χ1) is 11.7. The van der Waals surface area contributed by atoms with Crippen molar-refractivity contribution in [1.82, 2.24) is 14.5 Å². The third-order valence-electron chi connectivity index (χ3n) is 3.95. The normalized spacial score (nSPS) is 15.4. The second kappa shape index (κ2) is 7.01. The lowest BCUT2D eigenvalue weighted by molar-refractivity contribution is -0.142. The summed E-state index contributed by atoms with van der Waals surface area (Å²) in [5.41, 5.74) is -0.0207. The number of sulfonamides is 1. The summed E-state index contributed by atoms with van der Waals surface area (Å²) in [5, 5.41) is 3.71. The molecule has 0 bridgehead atoms. The van der Waals surface area contributed by atoms with Gasteiger partial charge in [-0.1, -0.05) is 0 Å². The van der Waals surface area contributed by atoms with E-state index in [4.69, 9.17) is 0 Å². The van der Waals surface area contributed by atoms with Gasteiger partial charge in [0.1, 0.15) is 4.21 Å². The number of fused-ring (bicyclic) bond motifs is 1. The van der Waals surface area contributed by atoms with Gasteiger partial charge in [0.15, 0.2) is 5.69 Å². The lowest BCUT2D eigenvalue weighted by Gasteiger charge is -2.14. The molecule has 0 saturated carbocycles. The topological polar surface area (TPSA) is 64.0 Å². The molecule has 0 saturated heterocycles. The monoisotopic (exact) mass is 457 g/mol. The van der Waals surface area contributed by atoms with Crippen molar-refractivity contribution in [2.45, 2.75) is 42.6 Å². The Hall–Kier alpha value is -0.910. The van der Waals surface area contributed by atoms with E-state index in [0.29, 0.717) is 28.7 Å². The molecule has 11 heteroatoms. The van der Waals surface area contributed by atoms with Crippen LogP contribution in [0.1, 0.15) is 29.8 Å². The van der Waals surface area contributed by atoms with E-state index in [1.807, 2.05) is 0 Å². The fourth-order valence-corrected chi connectivity index (χ4v) is 5.96. The number of nitrogens with one attached hydrogen (secondary N) is 1. The highest BCUT2D eigenvalue weighted by molar-refractivity contribution is 9.11. The van der Waals surface area contributed by atoms with Crippen LogP contribution in [0.2, 0.25) is 0 Å². The molecule has 0 aliphatic heterocycles. The van der Waals surface area contributed by atoms with Gasteiger partial charge in [-0.25, -0.2) is 13.1 Å². The average Bonchev–Trinajstić information content (AvgIpc) is 3.12. The molecule has 0 radical (unpaired) electrons. The van der Waals surface area contributed by atoms with E-state index >= 15 is 0 Å². The van der Waals surface area contributed by atoms with Crippen LogP contribution in [0.4, 0.5) is 13.2 Å². The molecule has 1 aliphatic rings. The molecule has 3 rings (SSSR count). The van der Waals surface area contributed by atoms with Crippen LogP contribution in [0.15, 0.2) is 20.1 Å². The fraction of sp³-hybridized carbons (Fsp3) is 0.500. The maximum absolute atomic E-state index is 13.1. The first-order valence-corrected chi connectivity index (χ1v) is 10.7. The van der Waals surface area contributed by atoms with Crippen LogP contribution in [0.25, 0.3) is 0 Å². The van der Waals surface area contributed by atoms with E-state index in [0.717, 1.165) is 17.8 Å². The van der Waals surface area contributed by atoms with Crippen molar-refractivity contribution >= 4 is 37.3 Å². The van der Waals surface area contributed by atoms with Crippen LogP contribution in [-0.2, 0) is 35.6 Å². The zero-order chi connectivity index (χ0) is 18.2. The second-order valence-corrected chi connectivity index (χ2v) is 10.1. The van der Waals surface area contributed by atoms with Crippen molar-refractivity contribution in [2.24, 2.45) is 0 Å². The average molecular weight is 458 g/mol. The SMILES string of the molecule is O=S(=O)(NCCn1nc(C(F)(F)F)c2c1CCCC2)c1ccc(Br)s1. The molecule has 0 spiro atoms. The summed E-state index contributed by atoms with van der Waals surface area (Å²) in [4.78, 5) is 0. The Labute approximate surface area is 155 Å². The minimum absolute atomic E-state index is 0.0245. The molecule has 138 valence electrons. The summed E-state index contributed by atoms with van der Waals surface area (Å²) in [6, 6.07) is 3.09. The quantitative estimate of drug-likeness (QED) is 0.745. The van der Waals surface area contributed by atoms with Crippen LogP contribution >= 0.6 is 27.3 Å². The Bertz CT molecular complexity index is 875. The smallest absolute Gasteiger partial charge is 0.267 e. The van der Waals surface area contributed by atoms with Gasteiger partial charge in [-0.15, -0.1) is 11.3 Å². The highest BCUT2D eigenvalue weighted by atomic mass is 79.9. The lowest BCUT2D eigenvalue weighted by atomic mass is 9.95. The number of nitrogens with zero attached hydrogens (tertiary/aromatic N) is 2. The molecule has 2 heterocycles. The van der Waals surface area contributed by atoms with Gasteiger partial charge in [-0.05, 0) is 53.7 Å². The van der Waals surface area contributed by atoms with Crippen LogP contribution in [-0.4, -0.2) is 24.7 Å². The molecular weight excluding hydrogens is 443 g/mol. The molecule has 0 atom stereocenters. The van der Waals surface area contributed by atoms with E-state index in [1.165, 1.54) is 10.7 Å². The molecule has 1 aliphatic carbocycles. The second-order valence-electron chi connectivity index (χ2n) is 5.66.